The third-order valence-electron chi connectivity index (χ3n) is 3.14. The molecule has 0 aliphatic heterocycles. The van der Waals surface area contributed by atoms with Gasteiger partial charge < -0.3 is 10.2 Å². The molecule has 0 saturated carbocycles. The predicted octanol–water partition coefficient (Wildman–Crippen LogP) is 3.00. The Balaban J connectivity index is 2.75. The molecule has 1 unspecified atom stereocenters. The van der Waals surface area contributed by atoms with Crippen LogP contribution in [0.2, 0.25) is 0 Å². The Bertz CT molecular complexity index is 352. The molecule has 0 aliphatic rings. The van der Waals surface area contributed by atoms with E-state index in [4.69, 9.17) is 4.98 Å². The molecule has 5 heteroatoms. The number of anilines is 1. The van der Waals surface area contributed by atoms with Gasteiger partial charge >= 0.3 is 0 Å². The summed E-state index contributed by atoms with van der Waals surface area (Å²) in [6.07, 6.45) is 4.39. The summed E-state index contributed by atoms with van der Waals surface area (Å²) in [5, 5.41) is 4.38. The quantitative estimate of drug-likeness (QED) is 0.795. The molecular formula is C13H25N3S2. The number of nitrogens with zero attached hydrogens (tertiary/aromatic N) is 2. The molecule has 1 aromatic heterocycles. The molecule has 0 aliphatic carbocycles. The molecule has 0 spiro atoms. The predicted molar refractivity (Wildman–Crippen MR) is 85.1 cm³/mol. The number of rotatable bonds is 8. The summed E-state index contributed by atoms with van der Waals surface area (Å²) in [5.41, 5.74) is 1.24. The Labute approximate surface area is 119 Å². The molecule has 1 aromatic rings. The van der Waals surface area contributed by atoms with E-state index in [1.165, 1.54) is 22.7 Å². The van der Waals surface area contributed by atoms with Gasteiger partial charge in [0.25, 0.3) is 0 Å². The van der Waals surface area contributed by atoms with E-state index in [1.54, 1.807) is 0 Å². The van der Waals surface area contributed by atoms with E-state index in [2.05, 4.69) is 37.4 Å². The SMILES string of the molecule is CCc1nc(N(C)C(C)CCSC)sc1CNC. The molecule has 1 rings (SSSR count). The average molecular weight is 287 g/mol. The topological polar surface area (TPSA) is 28.2 Å². The van der Waals surface area contributed by atoms with Gasteiger partial charge in [0, 0.05) is 24.5 Å². The molecule has 0 saturated heterocycles. The number of aryl methyl sites for hydroxylation is 1. The zero-order chi connectivity index (χ0) is 13.5. The van der Waals surface area contributed by atoms with Gasteiger partial charge in [0.15, 0.2) is 5.13 Å². The second-order valence-electron chi connectivity index (χ2n) is 4.49. The summed E-state index contributed by atoms with van der Waals surface area (Å²) >= 11 is 3.73. The maximum absolute atomic E-state index is 4.77. The van der Waals surface area contributed by atoms with Gasteiger partial charge in [-0.3, -0.25) is 0 Å². The first-order chi connectivity index (χ1) is 8.63. The fraction of sp³-hybridized carbons (Fsp3) is 0.769. The third kappa shape index (κ3) is 4.14. The number of thioether (sulfide) groups is 1. The molecule has 0 amide bonds. The van der Waals surface area contributed by atoms with E-state index in [1.807, 2.05) is 30.1 Å². The summed E-state index contributed by atoms with van der Waals surface area (Å²) in [6, 6.07) is 0.552. The highest BCUT2D eigenvalue weighted by molar-refractivity contribution is 7.98. The van der Waals surface area contributed by atoms with E-state index in [0.717, 1.165) is 18.1 Å². The first-order valence-electron chi connectivity index (χ1n) is 6.48. The van der Waals surface area contributed by atoms with Crippen LogP contribution >= 0.6 is 23.1 Å². The summed E-state index contributed by atoms with van der Waals surface area (Å²) in [4.78, 5) is 8.47. The molecule has 0 bridgehead atoms. The Hall–Kier alpha value is -0.260. The van der Waals surface area contributed by atoms with Gasteiger partial charge in [-0.2, -0.15) is 11.8 Å². The Morgan fingerprint density at radius 1 is 1.50 bits per heavy atom. The van der Waals surface area contributed by atoms with Crippen molar-refractivity contribution in [2.75, 3.05) is 31.0 Å². The van der Waals surface area contributed by atoms with E-state index < -0.39 is 0 Å². The van der Waals surface area contributed by atoms with Crippen molar-refractivity contribution in [3.63, 3.8) is 0 Å². The highest BCUT2D eigenvalue weighted by atomic mass is 32.2. The standard InChI is InChI=1S/C13H25N3S2/c1-6-11-12(9-14-3)18-13(15-11)16(4)10(2)7-8-17-5/h10,14H,6-9H2,1-5H3. The molecule has 3 nitrogen and oxygen atoms in total. The first-order valence-corrected chi connectivity index (χ1v) is 8.70. The van der Waals surface area contributed by atoms with Gasteiger partial charge in [0.05, 0.1) is 5.69 Å². The molecule has 18 heavy (non-hydrogen) atoms. The molecule has 0 radical (unpaired) electrons. The molecule has 1 N–H and O–H groups in total. The molecule has 1 heterocycles. The van der Waals surface area contributed by atoms with Crippen LogP contribution in [-0.2, 0) is 13.0 Å². The normalized spacial score (nSPS) is 12.7. The molecule has 1 atom stereocenters. The number of nitrogens with one attached hydrogen (secondary N) is 1. The van der Waals surface area contributed by atoms with Gasteiger partial charge in [-0.15, -0.1) is 11.3 Å². The van der Waals surface area contributed by atoms with Crippen molar-refractivity contribution in [3.8, 4) is 0 Å². The highest BCUT2D eigenvalue weighted by Crippen LogP contribution is 2.28. The van der Waals surface area contributed by atoms with Gasteiger partial charge in [-0.05, 0) is 38.8 Å². The second-order valence-corrected chi connectivity index (χ2v) is 6.54. The largest absolute Gasteiger partial charge is 0.348 e. The number of hydrogen-bond donors (Lipinski definition) is 1. The van der Waals surface area contributed by atoms with Gasteiger partial charge in [0.1, 0.15) is 0 Å². The Morgan fingerprint density at radius 2 is 2.22 bits per heavy atom. The van der Waals surface area contributed by atoms with Crippen molar-refractivity contribution in [1.82, 2.24) is 10.3 Å². The van der Waals surface area contributed by atoms with Crippen LogP contribution in [0, 0.1) is 0 Å². The van der Waals surface area contributed by atoms with E-state index in [-0.39, 0.29) is 0 Å². The maximum atomic E-state index is 4.77. The fourth-order valence-corrected chi connectivity index (χ4v) is 3.57. The number of thiazole rings is 1. The lowest BCUT2D eigenvalue weighted by atomic mass is 10.2. The van der Waals surface area contributed by atoms with Crippen molar-refractivity contribution in [3.05, 3.63) is 10.6 Å². The Morgan fingerprint density at radius 3 is 2.78 bits per heavy atom. The summed E-state index contributed by atoms with van der Waals surface area (Å²) in [5.74, 6) is 1.21. The second kappa shape index (κ2) is 8.02. The van der Waals surface area contributed by atoms with E-state index >= 15 is 0 Å². The van der Waals surface area contributed by atoms with Crippen LogP contribution in [0.3, 0.4) is 0 Å². The van der Waals surface area contributed by atoms with Crippen molar-refractivity contribution < 1.29 is 0 Å². The summed E-state index contributed by atoms with van der Waals surface area (Å²) < 4.78 is 0. The Kier molecular flexibility index (Phi) is 7.04. The van der Waals surface area contributed by atoms with Crippen LogP contribution in [0.1, 0.15) is 30.8 Å². The monoisotopic (exact) mass is 287 g/mol. The minimum atomic E-state index is 0.552. The van der Waals surface area contributed by atoms with E-state index in [0.29, 0.717) is 6.04 Å². The fourth-order valence-electron chi connectivity index (χ4n) is 1.77. The number of hydrogen-bond acceptors (Lipinski definition) is 5. The molecular weight excluding hydrogens is 262 g/mol. The van der Waals surface area contributed by atoms with Crippen LogP contribution in [0.5, 0.6) is 0 Å². The molecule has 104 valence electrons. The van der Waals surface area contributed by atoms with Crippen molar-refractivity contribution in [2.24, 2.45) is 0 Å². The lowest BCUT2D eigenvalue weighted by molar-refractivity contribution is 0.666. The molecule has 0 aromatic carbocycles. The van der Waals surface area contributed by atoms with Crippen LogP contribution in [0.15, 0.2) is 0 Å². The minimum absolute atomic E-state index is 0.552. The van der Waals surface area contributed by atoms with Crippen molar-refractivity contribution >= 4 is 28.2 Å². The van der Waals surface area contributed by atoms with Crippen molar-refractivity contribution in [2.45, 2.75) is 39.3 Å². The van der Waals surface area contributed by atoms with Crippen molar-refractivity contribution in [1.29, 1.82) is 0 Å². The highest BCUT2D eigenvalue weighted by Gasteiger charge is 2.16. The lowest BCUT2D eigenvalue weighted by Crippen LogP contribution is -2.29. The van der Waals surface area contributed by atoms with Gasteiger partial charge in [-0.1, -0.05) is 6.92 Å². The summed E-state index contributed by atoms with van der Waals surface area (Å²) in [7, 11) is 4.15. The van der Waals surface area contributed by atoms with Crippen LogP contribution in [-0.4, -0.2) is 37.1 Å². The zero-order valence-corrected chi connectivity index (χ0v) is 13.7. The minimum Gasteiger partial charge on any atom is -0.348 e. The van der Waals surface area contributed by atoms with Crippen LogP contribution < -0.4 is 10.2 Å². The molecule has 0 fully saturated rings. The zero-order valence-electron chi connectivity index (χ0n) is 12.1. The van der Waals surface area contributed by atoms with Crippen LogP contribution in [0.4, 0.5) is 5.13 Å². The van der Waals surface area contributed by atoms with Gasteiger partial charge in [0.2, 0.25) is 0 Å². The lowest BCUT2D eigenvalue weighted by Gasteiger charge is -2.23. The third-order valence-corrected chi connectivity index (χ3v) is 4.97. The summed E-state index contributed by atoms with van der Waals surface area (Å²) in [6.45, 7) is 5.38. The average Bonchev–Trinajstić information content (AvgIpc) is 2.78. The van der Waals surface area contributed by atoms with Crippen LogP contribution in [0.25, 0.3) is 0 Å². The number of aromatic nitrogens is 1. The smallest absolute Gasteiger partial charge is 0.185 e. The van der Waals surface area contributed by atoms with E-state index in [9.17, 15) is 0 Å². The van der Waals surface area contributed by atoms with Gasteiger partial charge in [-0.25, -0.2) is 4.98 Å². The maximum Gasteiger partial charge on any atom is 0.185 e. The first kappa shape index (κ1) is 15.8.